The Hall–Kier alpha value is -1.67. The Morgan fingerprint density at radius 1 is 1.36 bits per heavy atom. The molecule has 2 unspecified atom stereocenters. The van der Waals surface area contributed by atoms with E-state index in [1.807, 2.05) is 20.8 Å². The number of carbonyl (C=O) groups is 1. The Morgan fingerprint density at radius 2 is 2.16 bits per heavy atom. The molecule has 8 heteroatoms. The third-order valence-electron chi connectivity index (χ3n) is 4.59. The van der Waals surface area contributed by atoms with Crippen molar-refractivity contribution in [2.45, 2.75) is 76.9 Å². The zero-order valence-corrected chi connectivity index (χ0v) is 15.2. The van der Waals surface area contributed by atoms with Gasteiger partial charge in [0.2, 0.25) is 0 Å². The summed E-state index contributed by atoms with van der Waals surface area (Å²) in [5.74, 6) is 0.451. The molecular weight excluding hydrogens is 324 g/mol. The van der Waals surface area contributed by atoms with E-state index in [4.69, 9.17) is 9.47 Å². The molecule has 3 heterocycles. The van der Waals surface area contributed by atoms with Crippen molar-refractivity contribution in [3.05, 3.63) is 12.2 Å². The average Bonchev–Trinajstić information content (AvgIpc) is 3.23. The number of nitrogens with zero attached hydrogens (tertiary/aromatic N) is 4. The van der Waals surface area contributed by atoms with Crippen LogP contribution in [0.1, 0.15) is 71.0 Å². The second kappa shape index (κ2) is 7.29. The van der Waals surface area contributed by atoms with Gasteiger partial charge in [-0.15, -0.1) is 0 Å². The maximum Gasteiger partial charge on any atom is 0.410 e. The van der Waals surface area contributed by atoms with Crippen molar-refractivity contribution in [1.82, 2.24) is 19.7 Å². The Morgan fingerprint density at radius 3 is 2.84 bits per heavy atom. The van der Waals surface area contributed by atoms with E-state index in [2.05, 4.69) is 10.1 Å². The van der Waals surface area contributed by atoms with Crippen LogP contribution in [0.3, 0.4) is 0 Å². The zero-order chi connectivity index (χ0) is 18.0. The smallest absolute Gasteiger partial charge is 0.410 e. The van der Waals surface area contributed by atoms with E-state index in [-0.39, 0.29) is 12.3 Å². The molecule has 140 valence electrons. The van der Waals surface area contributed by atoms with Crippen molar-refractivity contribution in [3.63, 3.8) is 0 Å². The zero-order valence-electron chi connectivity index (χ0n) is 15.2. The molecule has 0 spiro atoms. The molecule has 2 aliphatic heterocycles. The Kier molecular flexibility index (Phi) is 5.29. The summed E-state index contributed by atoms with van der Waals surface area (Å²) in [6, 6.07) is -0.360. The molecule has 3 rings (SSSR count). The van der Waals surface area contributed by atoms with Crippen LogP contribution in [-0.4, -0.2) is 55.7 Å². The number of hydrogen-bond acceptors (Lipinski definition) is 6. The SMILES string of the molecule is CC(C)(C)OC(=O)N1CCC[C@H]1C(O)c1ncnn1C1CCCCO1. The molecular formula is C17H28N4O4. The maximum absolute atomic E-state index is 12.5. The van der Waals surface area contributed by atoms with Gasteiger partial charge in [0.15, 0.2) is 12.1 Å². The topological polar surface area (TPSA) is 89.7 Å². The number of aliphatic hydroxyl groups is 1. The Bertz CT molecular complexity index is 592. The van der Waals surface area contributed by atoms with Gasteiger partial charge in [-0.25, -0.2) is 14.5 Å². The number of ether oxygens (including phenoxy) is 2. The molecule has 0 saturated carbocycles. The van der Waals surface area contributed by atoms with Crippen molar-refractivity contribution >= 4 is 6.09 Å². The van der Waals surface area contributed by atoms with E-state index >= 15 is 0 Å². The van der Waals surface area contributed by atoms with Gasteiger partial charge in [0, 0.05) is 13.2 Å². The molecule has 1 aromatic heterocycles. The minimum absolute atomic E-state index is 0.197. The van der Waals surface area contributed by atoms with Crippen LogP contribution in [-0.2, 0) is 9.47 Å². The molecule has 1 N–H and O–H groups in total. The lowest BCUT2D eigenvalue weighted by Gasteiger charge is -2.31. The van der Waals surface area contributed by atoms with Gasteiger partial charge in [0.05, 0.1) is 6.04 Å². The van der Waals surface area contributed by atoms with Crippen LogP contribution in [0.2, 0.25) is 0 Å². The highest BCUT2D eigenvalue weighted by molar-refractivity contribution is 5.69. The standard InChI is InChI=1S/C17H28N4O4/c1-17(2,3)25-16(23)20-9-6-7-12(20)14(22)15-18-11-19-21(15)13-8-4-5-10-24-13/h11-14,22H,4-10H2,1-3H3/t12-,13?,14?/m0/s1. The van der Waals surface area contributed by atoms with E-state index in [0.29, 0.717) is 25.4 Å². The number of likely N-dealkylation sites (tertiary alicyclic amines) is 1. The first kappa shape index (κ1) is 18.1. The number of rotatable bonds is 3. The summed E-state index contributed by atoms with van der Waals surface area (Å²) in [5, 5.41) is 15.2. The highest BCUT2D eigenvalue weighted by Gasteiger charge is 2.39. The fourth-order valence-electron chi connectivity index (χ4n) is 3.45. The summed E-state index contributed by atoms with van der Waals surface area (Å²) < 4.78 is 12.9. The number of hydrogen-bond donors (Lipinski definition) is 1. The normalized spacial score (nSPS) is 25.8. The van der Waals surface area contributed by atoms with Gasteiger partial charge >= 0.3 is 6.09 Å². The third kappa shape index (κ3) is 4.12. The summed E-state index contributed by atoms with van der Waals surface area (Å²) in [7, 11) is 0. The summed E-state index contributed by atoms with van der Waals surface area (Å²) in [6.07, 6.45) is 4.42. The molecule has 1 amide bonds. The summed E-state index contributed by atoms with van der Waals surface area (Å²) in [5.41, 5.74) is -0.564. The fourth-order valence-corrected chi connectivity index (χ4v) is 3.45. The molecule has 1 aromatic rings. The predicted molar refractivity (Wildman–Crippen MR) is 89.8 cm³/mol. The van der Waals surface area contributed by atoms with Gasteiger partial charge < -0.3 is 19.5 Å². The van der Waals surface area contributed by atoms with Crippen LogP contribution in [0.25, 0.3) is 0 Å². The van der Waals surface area contributed by atoms with Gasteiger partial charge in [-0.1, -0.05) is 0 Å². The first-order valence-corrected chi connectivity index (χ1v) is 9.05. The molecule has 3 atom stereocenters. The van der Waals surface area contributed by atoms with E-state index < -0.39 is 17.8 Å². The van der Waals surface area contributed by atoms with E-state index in [1.54, 1.807) is 9.58 Å². The van der Waals surface area contributed by atoms with Crippen molar-refractivity contribution in [3.8, 4) is 0 Å². The Labute approximate surface area is 148 Å². The van der Waals surface area contributed by atoms with Crippen LogP contribution in [0.4, 0.5) is 4.79 Å². The number of aliphatic hydroxyl groups excluding tert-OH is 1. The molecule has 2 fully saturated rings. The highest BCUT2D eigenvalue weighted by Crippen LogP contribution is 2.32. The minimum atomic E-state index is -0.914. The third-order valence-corrected chi connectivity index (χ3v) is 4.59. The van der Waals surface area contributed by atoms with Crippen molar-refractivity contribution in [2.75, 3.05) is 13.2 Å². The summed E-state index contributed by atoms with van der Waals surface area (Å²) >= 11 is 0. The molecule has 0 aliphatic carbocycles. The predicted octanol–water partition coefficient (Wildman–Crippen LogP) is 2.41. The lowest BCUT2D eigenvalue weighted by molar-refractivity contribution is -0.0485. The summed E-state index contributed by atoms with van der Waals surface area (Å²) in [4.78, 5) is 18.3. The van der Waals surface area contributed by atoms with Crippen LogP contribution in [0, 0.1) is 0 Å². The summed E-state index contributed by atoms with van der Waals surface area (Å²) in [6.45, 7) is 6.77. The minimum Gasteiger partial charge on any atom is -0.444 e. The monoisotopic (exact) mass is 352 g/mol. The van der Waals surface area contributed by atoms with E-state index in [0.717, 1.165) is 25.7 Å². The lowest BCUT2D eigenvalue weighted by atomic mass is 10.1. The van der Waals surface area contributed by atoms with Crippen molar-refractivity contribution in [2.24, 2.45) is 0 Å². The van der Waals surface area contributed by atoms with E-state index in [9.17, 15) is 9.90 Å². The Balaban J connectivity index is 1.75. The second-order valence-corrected chi connectivity index (χ2v) is 7.71. The first-order valence-electron chi connectivity index (χ1n) is 9.05. The molecule has 0 radical (unpaired) electrons. The van der Waals surface area contributed by atoms with Crippen LogP contribution >= 0.6 is 0 Å². The lowest BCUT2D eigenvalue weighted by Crippen LogP contribution is -2.43. The van der Waals surface area contributed by atoms with Gasteiger partial charge in [-0.2, -0.15) is 5.10 Å². The van der Waals surface area contributed by atoms with Crippen LogP contribution in [0.5, 0.6) is 0 Å². The van der Waals surface area contributed by atoms with Crippen LogP contribution in [0.15, 0.2) is 6.33 Å². The largest absolute Gasteiger partial charge is 0.444 e. The van der Waals surface area contributed by atoms with Gasteiger partial charge in [0.1, 0.15) is 18.0 Å². The highest BCUT2D eigenvalue weighted by atomic mass is 16.6. The number of aromatic nitrogens is 3. The second-order valence-electron chi connectivity index (χ2n) is 7.71. The van der Waals surface area contributed by atoms with Crippen molar-refractivity contribution in [1.29, 1.82) is 0 Å². The molecule has 8 nitrogen and oxygen atoms in total. The number of amides is 1. The maximum atomic E-state index is 12.5. The van der Waals surface area contributed by atoms with Gasteiger partial charge in [-0.05, 0) is 52.9 Å². The first-order chi connectivity index (χ1) is 11.9. The molecule has 0 bridgehead atoms. The quantitative estimate of drug-likeness (QED) is 0.898. The van der Waals surface area contributed by atoms with Gasteiger partial charge in [0.25, 0.3) is 0 Å². The van der Waals surface area contributed by atoms with Crippen molar-refractivity contribution < 1.29 is 19.4 Å². The van der Waals surface area contributed by atoms with E-state index in [1.165, 1.54) is 6.33 Å². The average molecular weight is 352 g/mol. The fraction of sp³-hybridized carbons (Fsp3) is 0.824. The molecule has 0 aromatic carbocycles. The molecule has 25 heavy (non-hydrogen) atoms. The van der Waals surface area contributed by atoms with Gasteiger partial charge in [-0.3, -0.25) is 0 Å². The molecule has 2 saturated heterocycles. The number of carbonyl (C=O) groups excluding carboxylic acids is 1. The molecule has 2 aliphatic rings. The van der Waals surface area contributed by atoms with Crippen LogP contribution < -0.4 is 0 Å².